The zero-order chi connectivity index (χ0) is 13.7. The summed E-state index contributed by atoms with van der Waals surface area (Å²) in [6, 6.07) is 5.14. The number of methoxy groups -OCH3 is 1. The molecule has 1 N–H and O–H groups in total. The molecule has 0 aliphatic heterocycles. The van der Waals surface area contributed by atoms with E-state index in [1.54, 1.807) is 13.0 Å². The van der Waals surface area contributed by atoms with Gasteiger partial charge >= 0.3 is 5.97 Å². The van der Waals surface area contributed by atoms with Crippen LogP contribution in [0.2, 0.25) is 10.0 Å². The van der Waals surface area contributed by atoms with Crippen LogP contribution in [0, 0.1) is 0 Å². The number of benzene rings is 1. The first kappa shape index (κ1) is 15.3. The Morgan fingerprint density at radius 3 is 2.56 bits per heavy atom. The van der Waals surface area contributed by atoms with Gasteiger partial charge in [0.2, 0.25) is 0 Å². The van der Waals surface area contributed by atoms with Gasteiger partial charge in [0.05, 0.1) is 17.2 Å². The molecule has 0 saturated carbocycles. The number of ether oxygens (including phenoxy) is 1. The predicted molar refractivity (Wildman–Crippen MR) is 74.1 cm³/mol. The van der Waals surface area contributed by atoms with Crippen molar-refractivity contribution in [2.45, 2.75) is 32.4 Å². The number of carbonyl (C=O) groups is 1. The lowest BCUT2D eigenvalue weighted by atomic mass is 10.0. The Morgan fingerprint density at radius 1 is 1.39 bits per heavy atom. The van der Waals surface area contributed by atoms with Crippen LogP contribution in [0.1, 0.15) is 31.9 Å². The number of hydrogen-bond acceptors (Lipinski definition) is 3. The van der Waals surface area contributed by atoms with Gasteiger partial charge in [-0.05, 0) is 31.0 Å². The summed E-state index contributed by atoms with van der Waals surface area (Å²) in [7, 11) is 1.38. The van der Waals surface area contributed by atoms with Crippen LogP contribution in [-0.4, -0.2) is 19.1 Å². The van der Waals surface area contributed by atoms with Crippen molar-refractivity contribution in [3.8, 4) is 0 Å². The Morgan fingerprint density at radius 2 is 2.06 bits per heavy atom. The first-order chi connectivity index (χ1) is 8.49. The summed E-state index contributed by atoms with van der Waals surface area (Å²) in [4.78, 5) is 11.4. The molecule has 1 rings (SSSR count). The summed E-state index contributed by atoms with van der Waals surface area (Å²) in [5.41, 5.74) is 1.00. The normalized spacial score (nSPS) is 14.1. The maximum Gasteiger partial charge on any atom is 0.322 e. The van der Waals surface area contributed by atoms with Gasteiger partial charge in [0.1, 0.15) is 6.04 Å². The lowest BCUT2D eigenvalue weighted by molar-refractivity contribution is -0.142. The molecule has 0 fully saturated rings. The van der Waals surface area contributed by atoms with Gasteiger partial charge in [-0.2, -0.15) is 0 Å². The number of rotatable bonds is 5. The fourth-order valence-corrected chi connectivity index (χ4v) is 2.03. The van der Waals surface area contributed by atoms with Crippen LogP contribution in [0.3, 0.4) is 0 Å². The minimum absolute atomic E-state index is 0.0360. The van der Waals surface area contributed by atoms with Gasteiger partial charge in [-0.15, -0.1) is 0 Å². The molecule has 0 heterocycles. The van der Waals surface area contributed by atoms with Gasteiger partial charge < -0.3 is 4.74 Å². The van der Waals surface area contributed by atoms with Crippen LogP contribution in [0.4, 0.5) is 0 Å². The largest absolute Gasteiger partial charge is 0.468 e. The number of halogens is 2. The van der Waals surface area contributed by atoms with Crippen LogP contribution in [0.5, 0.6) is 0 Å². The fourth-order valence-electron chi connectivity index (χ4n) is 1.73. The molecule has 3 nitrogen and oxygen atoms in total. The van der Waals surface area contributed by atoms with Crippen LogP contribution < -0.4 is 5.32 Å². The molecular formula is C13H17Cl2NO2. The molecule has 0 bridgehead atoms. The van der Waals surface area contributed by atoms with Crippen LogP contribution in [-0.2, 0) is 9.53 Å². The molecule has 1 aromatic rings. The van der Waals surface area contributed by atoms with Gasteiger partial charge in [0.15, 0.2) is 0 Å². The smallest absolute Gasteiger partial charge is 0.322 e. The average molecular weight is 290 g/mol. The highest BCUT2D eigenvalue weighted by molar-refractivity contribution is 6.42. The summed E-state index contributed by atoms with van der Waals surface area (Å²) in [6.45, 7) is 3.80. The zero-order valence-corrected chi connectivity index (χ0v) is 12.2. The molecule has 18 heavy (non-hydrogen) atoms. The Bertz CT molecular complexity index is 423. The summed E-state index contributed by atoms with van der Waals surface area (Å²) < 4.78 is 4.69. The van der Waals surface area contributed by atoms with E-state index >= 15 is 0 Å². The quantitative estimate of drug-likeness (QED) is 0.842. The van der Waals surface area contributed by atoms with Crippen LogP contribution >= 0.6 is 23.2 Å². The summed E-state index contributed by atoms with van der Waals surface area (Å²) in [5.74, 6) is -0.284. The molecule has 0 saturated heterocycles. The standard InChI is InChI=1S/C13H17Cl2NO2/c1-4-12(16-8(2)13(17)18-3)9-5-6-10(14)11(15)7-9/h5-8,12,16H,4H2,1-3H3. The molecule has 1 aromatic carbocycles. The zero-order valence-electron chi connectivity index (χ0n) is 10.7. The highest BCUT2D eigenvalue weighted by Crippen LogP contribution is 2.27. The van der Waals surface area contributed by atoms with Gasteiger partial charge in [0, 0.05) is 6.04 Å². The third kappa shape index (κ3) is 3.87. The van der Waals surface area contributed by atoms with Crippen molar-refractivity contribution in [1.82, 2.24) is 5.32 Å². The molecule has 2 unspecified atom stereocenters. The first-order valence-corrected chi connectivity index (χ1v) is 6.54. The monoisotopic (exact) mass is 289 g/mol. The number of esters is 1. The Labute approximate surface area is 117 Å². The van der Waals surface area contributed by atoms with E-state index in [-0.39, 0.29) is 18.1 Å². The third-order valence-corrected chi connectivity index (χ3v) is 3.50. The second kappa shape index (κ2) is 6.98. The van der Waals surface area contributed by atoms with E-state index in [0.29, 0.717) is 10.0 Å². The topological polar surface area (TPSA) is 38.3 Å². The van der Waals surface area contributed by atoms with E-state index in [0.717, 1.165) is 12.0 Å². The lowest BCUT2D eigenvalue weighted by Gasteiger charge is -2.21. The second-order valence-electron chi connectivity index (χ2n) is 4.05. The molecule has 0 amide bonds. The minimum Gasteiger partial charge on any atom is -0.468 e. The van der Waals surface area contributed by atoms with Gasteiger partial charge in [-0.3, -0.25) is 10.1 Å². The van der Waals surface area contributed by atoms with E-state index in [4.69, 9.17) is 23.2 Å². The van der Waals surface area contributed by atoms with Crippen molar-refractivity contribution in [3.63, 3.8) is 0 Å². The molecule has 0 aromatic heterocycles. The number of hydrogen-bond donors (Lipinski definition) is 1. The van der Waals surface area contributed by atoms with Crippen molar-refractivity contribution in [1.29, 1.82) is 0 Å². The third-order valence-electron chi connectivity index (χ3n) is 2.76. The van der Waals surface area contributed by atoms with E-state index < -0.39 is 0 Å². The molecule has 0 radical (unpaired) electrons. The van der Waals surface area contributed by atoms with Gasteiger partial charge in [0.25, 0.3) is 0 Å². The predicted octanol–water partition coefficient (Wildman–Crippen LogP) is 3.60. The molecule has 0 spiro atoms. The van der Waals surface area contributed by atoms with Crippen molar-refractivity contribution >= 4 is 29.2 Å². The Hall–Kier alpha value is -0.770. The number of nitrogens with one attached hydrogen (secondary N) is 1. The SMILES string of the molecule is CCC(NC(C)C(=O)OC)c1ccc(Cl)c(Cl)c1. The molecule has 0 aliphatic carbocycles. The maximum absolute atomic E-state index is 11.4. The second-order valence-corrected chi connectivity index (χ2v) is 4.86. The summed E-state index contributed by atoms with van der Waals surface area (Å²) in [5, 5.41) is 4.24. The van der Waals surface area contributed by atoms with Crippen molar-refractivity contribution in [3.05, 3.63) is 33.8 Å². The van der Waals surface area contributed by atoms with Crippen molar-refractivity contribution < 1.29 is 9.53 Å². The van der Waals surface area contributed by atoms with E-state index in [1.807, 2.05) is 19.1 Å². The van der Waals surface area contributed by atoms with Gasteiger partial charge in [-0.1, -0.05) is 36.2 Å². The highest BCUT2D eigenvalue weighted by atomic mass is 35.5. The molecule has 100 valence electrons. The van der Waals surface area contributed by atoms with Crippen molar-refractivity contribution in [2.24, 2.45) is 0 Å². The average Bonchev–Trinajstić information content (AvgIpc) is 2.38. The van der Waals surface area contributed by atoms with Crippen LogP contribution in [0.15, 0.2) is 18.2 Å². The summed E-state index contributed by atoms with van der Waals surface area (Å²) in [6.07, 6.45) is 0.833. The molecule has 0 aliphatic rings. The Balaban J connectivity index is 2.82. The summed E-state index contributed by atoms with van der Waals surface area (Å²) >= 11 is 11.9. The molecule has 5 heteroatoms. The Kier molecular flexibility index (Phi) is 5.93. The van der Waals surface area contributed by atoms with Crippen molar-refractivity contribution in [2.75, 3.05) is 7.11 Å². The van der Waals surface area contributed by atoms with Gasteiger partial charge in [-0.25, -0.2) is 0 Å². The van der Waals surface area contributed by atoms with E-state index in [9.17, 15) is 4.79 Å². The first-order valence-electron chi connectivity index (χ1n) is 5.78. The fraction of sp³-hybridized carbons (Fsp3) is 0.462. The molecule has 2 atom stereocenters. The minimum atomic E-state index is -0.366. The number of carbonyl (C=O) groups excluding carboxylic acids is 1. The van der Waals surface area contributed by atoms with E-state index in [1.165, 1.54) is 7.11 Å². The molecular weight excluding hydrogens is 273 g/mol. The highest BCUT2D eigenvalue weighted by Gasteiger charge is 2.18. The maximum atomic E-state index is 11.4. The van der Waals surface area contributed by atoms with Crippen LogP contribution in [0.25, 0.3) is 0 Å². The lowest BCUT2D eigenvalue weighted by Crippen LogP contribution is -2.37. The van der Waals surface area contributed by atoms with E-state index in [2.05, 4.69) is 10.1 Å².